The first kappa shape index (κ1) is 19.4. The lowest BCUT2D eigenvalue weighted by atomic mass is 9.90. The predicted molar refractivity (Wildman–Crippen MR) is 110 cm³/mol. The number of thiophene rings is 1. The van der Waals surface area contributed by atoms with Crippen LogP contribution in [0.25, 0.3) is 0 Å². The molecule has 4 rings (SSSR count). The summed E-state index contributed by atoms with van der Waals surface area (Å²) in [4.78, 5) is 37.4. The Morgan fingerprint density at radius 2 is 1.90 bits per heavy atom. The minimum Gasteiger partial charge on any atom is -0.377 e. The number of benzene rings is 1. The van der Waals surface area contributed by atoms with E-state index < -0.39 is 10.8 Å². The van der Waals surface area contributed by atoms with Crippen molar-refractivity contribution in [1.82, 2.24) is 10.9 Å². The number of amides is 2. The minimum atomic E-state index is -0.602. The third-order valence-electron chi connectivity index (χ3n) is 5.24. The standard InChI is InChI=1S/C20H22N4O4S/c1-11-2-7-17-13(8-11)10-18(29-17)20(26)23-22-19(25)12-3-6-15(21-14-4-5-14)16(9-12)24(27)28/h3,6,9-11,14,21H,2,4-5,7-8H2,1H3,(H,22,25)(H,23,26)/t11-/m1/s1. The second kappa shape index (κ2) is 7.82. The van der Waals surface area contributed by atoms with E-state index in [-0.39, 0.29) is 23.2 Å². The molecule has 9 heteroatoms. The number of carbonyl (C=O) groups is 2. The first-order valence-corrected chi connectivity index (χ1v) is 10.5. The van der Waals surface area contributed by atoms with E-state index in [4.69, 9.17) is 0 Å². The van der Waals surface area contributed by atoms with E-state index in [0.717, 1.165) is 32.1 Å². The number of aryl methyl sites for hydroxylation is 1. The number of nitro groups is 1. The molecule has 0 spiro atoms. The van der Waals surface area contributed by atoms with Gasteiger partial charge in [0.05, 0.1) is 9.80 Å². The summed E-state index contributed by atoms with van der Waals surface area (Å²) in [6.07, 6.45) is 5.03. The van der Waals surface area contributed by atoms with Crippen LogP contribution < -0.4 is 16.2 Å². The van der Waals surface area contributed by atoms with Gasteiger partial charge in [0.2, 0.25) is 0 Å². The van der Waals surface area contributed by atoms with Gasteiger partial charge in [-0.1, -0.05) is 6.92 Å². The van der Waals surface area contributed by atoms with Crippen LogP contribution in [0.1, 0.15) is 56.7 Å². The van der Waals surface area contributed by atoms with Crippen molar-refractivity contribution in [3.63, 3.8) is 0 Å². The van der Waals surface area contributed by atoms with Crippen LogP contribution in [-0.4, -0.2) is 22.8 Å². The maximum absolute atomic E-state index is 12.4. The average Bonchev–Trinajstić information content (AvgIpc) is 3.41. The molecule has 2 aromatic rings. The van der Waals surface area contributed by atoms with Crippen LogP contribution in [0.2, 0.25) is 0 Å². The Balaban J connectivity index is 1.41. The molecule has 0 saturated heterocycles. The van der Waals surface area contributed by atoms with E-state index in [2.05, 4.69) is 23.1 Å². The number of nitrogens with zero attached hydrogens (tertiary/aromatic N) is 1. The van der Waals surface area contributed by atoms with Crippen LogP contribution >= 0.6 is 11.3 Å². The van der Waals surface area contributed by atoms with E-state index in [1.54, 1.807) is 0 Å². The molecule has 2 aliphatic rings. The highest BCUT2D eigenvalue weighted by atomic mass is 32.1. The zero-order valence-electron chi connectivity index (χ0n) is 16.0. The van der Waals surface area contributed by atoms with Crippen LogP contribution in [0, 0.1) is 16.0 Å². The van der Waals surface area contributed by atoms with E-state index in [1.807, 2.05) is 6.07 Å². The largest absolute Gasteiger partial charge is 0.377 e. The van der Waals surface area contributed by atoms with Crippen LogP contribution in [0.5, 0.6) is 0 Å². The van der Waals surface area contributed by atoms with Gasteiger partial charge in [-0.15, -0.1) is 11.3 Å². The summed E-state index contributed by atoms with van der Waals surface area (Å²) in [7, 11) is 0. The molecule has 1 saturated carbocycles. The minimum absolute atomic E-state index is 0.109. The fourth-order valence-electron chi connectivity index (χ4n) is 3.46. The van der Waals surface area contributed by atoms with E-state index in [1.165, 1.54) is 40.0 Å². The molecule has 29 heavy (non-hydrogen) atoms. The molecule has 1 aromatic heterocycles. The molecule has 0 aliphatic heterocycles. The quantitative estimate of drug-likeness (QED) is 0.512. The first-order chi connectivity index (χ1) is 13.9. The number of hydrogen-bond acceptors (Lipinski definition) is 6. The average molecular weight is 414 g/mol. The van der Waals surface area contributed by atoms with Gasteiger partial charge in [-0.2, -0.15) is 0 Å². The lowest BCUT2D eigenvalue weighted by Gasteiger charge is -2.16. The summed E-state index contributed by atoms with van der Waals surface area (Å²) in [5.74, 6) is -0.373. The van der Waals surface area contributed by atoms with Gasteiger partial charge in [-0.05, 0) is 61.8 Å². The van der Waals surface area contributed by atoms with Crippen LogP contribution in [0.15, 0.2) is 24.3 Å². The Morgan fingerprint density at radius 1 is 1.14 bits per heavy atom. The summed E-state index contributed by atoms with van der Waals surface area (Å²) < 4.78 is 0. The molecule has 1 atom stereocenters. The van der Waals surface area contributed by atoms with Crippen LogP contribution in [0.3, 0.4) is 0 Å². The second-order valence-corrected chi connectivity index (χ2v) is 8.86. The molecule has 0 bridgehead atoms. The van der Waals surface area contributed by atoms with Crippen molar-refractivity contribution >= 4 is 34.5 Å². The molecular weight excluding hydrogens is 392 g/mol. The monoisotopic (exact) mass is 414 g/mol. The van der Waals surface area contributed by atoms with Crippen molar-refractivity contribution < 1.29 is 14.5 Å². The highest BCUT2D eigenvalue weighted by Crippen LogP contribution is 2.33. The van der Waals surface area contributed by atoms with Gasteiger partial charge < -0.3 is 5.32 Å². The maximum Gasteiger partial charge on any atom is 0.293 e. The van der Waals surface area contributed by atoms with E-state index in [0.29, 0.717) is 16.5 Å². The number of hydrogen-bond donors (Lipinski definition) is 3. The van der Waals surface area contributed by atoms with Crippen molar-refractivity contribution in [2.24, 2.45) is 5.92 Å². The summed E-state index contributed by atoms with van der Waals surface area (Å²) in [6, 6.07) is 6.40. The van der Waals surface area contributed by atoms with E-state index in [9.17, 15) is 19.7 Å². The SMILES string of the molecule is C[C@@H]1CCc2sc(C(=O)NNC(=O)c3ccc(NC4CC4)c([N+](=O)[O-])c3)cc2C1. The van der Waals surface area contributed by atoms with Gasteiger partial charge in [0, 0.05) is 22.5 Å². The number of hydrazine groups is 1. The predicted octanol–water partition coefficient (Wildman–Crippen LogP) is 3.43. The zero-order chi connectivity index (χ0) is 20.5. The lowest BCUT2D eigenvalue weighted by Crippen LogP contribution is -2.41. The van der Waals surface area contributed by atoms with Gasteiger partial charge in [0.15, 0.2) is 0 Å². The smallest absolute Gasteiger partial charge is 0.293 e. The number of nitro benzene ring substituents is 1. The molecular formula is C20H22N4O4S. The maximum atomic E-state index is 12.4. The number of rotatable bonds is 5. The van der Waals surface area contributed by atoms with Gasteiger partial charge >= 0.3 is 0 Å². The molecule has 1 aromatic carbocycles. The zero-order valence-corrected chi connectivity index (χ0v) is 16.8. The van der Waals surface area contributed by atoms with Crippen molar-refractivity contribution in [1.29, 1.82) is 0 Å². The highest BCUT2D eigenvalue weighted by Gasteiger charge is 2.26. The van der Waals surface area contributed by atoms with Gasteiger partial charge in [0.25, 0.3) is 17.5 Å². The fraction of sp³-hybridized carbons (Fsp3) is 0.400. The van der Waals surface area contributed by atoms with Crippen LogP contribution in [-0.2, 0) is 12.8 Å². The Hall–Kier alpha value is -2.94. The van der Waals surface area contributed by atoms with Crippen LogP contribution in [0.4, 0.5) is 11.4 Å². The molecule has 3 N–H and O–H groups in total. The highest BCUT2D eigenvalue weighted by molar-refractivity contribution is 7.14. The third kappa shape index (κ3) is 4.40. The topological polar surface area (TPSA) is 113 Å². The molecule has 2 amide bonds. The van der Waals surface area contributed by atoms with Gasteiger partial charge in [-0.25, -0.2) is 0 Å². The summed E-state index contributed by atoms with van der Waals surface area (Å²) >= 11 is 1.45. The number of anilines is 1. The second-order valence-electron chi connectivity index (χ2n) is 7.72. The van der Waals surface area contributed by atoms with Crippen molar-refractivity contribution in [2.75, 3.05) is 5.32 Å². The molecule has 1 fully saturated rings. The van der Waals surface area contributed by atoms with Crippen molar-refractivity contribution in [3.05, 3.63) is 55.3 Å². The fourth-order valence-corrected chi connectivity index (χ4v) is 4.56. The molecule has 8 nitrogen and oxygen atoms in total. The van der Waals surface area contributed by atoms with E-state index >= 15 is 0 Å². The molecule has 0 radical (unpaired) electrons. The Morgan fingerprint density at radius 3 is 2.62 bits per heavy atom. The molecule has 0 unspecified atom stereocenters. The molecule has 2 aliphatic carbocycles. The van der Waals surface area contributed by atoms with Crippen molar-refractivity contribution in [2.45, 2.75) is 45.1 Å². The Kier molecular flexibility index (Phi) is 5.23. The summed E-state index contributed by atoms with van der Waals surface area (Å²) in [5, 5.41) is 14.4. The number of carbonyl (C=O) groups excluding carboxylic acids is 2. The van der Waals surface area contributed by atoms with Gasteiger partial charge in [0.1, 0.15) is 5.69 Å². The Bertz CT molecular complexity index is 983. The van der Waals surface area contributed by atoms with Gasteiger partial charge in [-0.3, -0.25) is 30.6 Å². The Labute approximate surface area is 171 Å². The lowest BCUT2D eigenvalue weighted by molar-refractivity contribution is -0.384. The first-order valence-electron chi connectivity index (χ1n) is 9.68. The number of nitrogens with one attached hydrogen (secondary N) is 3. The number of fused-ring (bicyclic) bond motifs is 1. The molecule has 1 heterocycles. The summed E-state index contributed by atoms with van der Waals surface area (Å²) in [6.45, 7) is 2.20. The third-order valence-corrected chi connectivity index (χ3v) is 6.47. The molecule has 152 valence electrons. The normalized spacial score (nSPS) is 17.9. The van der Waals surface area contributed by atoms with Crippen molar-refractivity contribution in [3.8, 4) is 0 Å². The summed E-state index contributed by atoms with van der Waals surface area (Å²) in [5.41, 5.74) is 6.32.